The van der Waals surface area contributed by atoms with E-state index in [-0.39, 0.29) is 11.5 Å². The van der Waals surface area contributed by atoms with Crippen LogP contribution in [0.5, 0.6) is 11.5 Å². The molecule has 9 aromatic rings. The molecule has 0 spiro atoms. The van der Waals surface area contributed by atoms with Crippen molar-refractivity contribution in [3.63, 3.8) is 0 Å². The van der Waals surface area contributed by atoms with Crippen molar-refractivity contribution in [2.75, 3.05) is 0 Å². The number of rotatable bonds is 6. The molecule has 0 bridgehead atoms. The molecule has 52 heavy (non-hydrogen) atoms. The van der Waals surface area contributed by atoms with Crippen molar-refractivity contribution in [2.24, 2.45) is 0 Å². The first kappa shape index (κ1) is 31.2. The number of pyridine rings is 4. The van der Waals surface area contributed by atoms with Crippen LogP contribution in [0.4, 0.5) is 0 Å². The van der Waals surface area contributed by atoms with E-state index in [1.807, 2.05) is 84.9 Å². The maximum atomic E-state index is 11.1. The average Bonchev–Trinajstić information content (AvgIpc) is 3.17. The highest BCUT2D eigenvalue weighted by molar-refractivity contribution is 7.81. The fourth-order valence-electron chi connectivity index (χ4n) is 6.45. The molecule has 250 valence electrons. The second-order valence-corrected chi connectivity index (χ2v) is 13.4. The van der Waals surface area contributed by atoms with Gasteiger partial charge in [-0.1, -0.05) is 66.7 Å². The maximum absolute atomic E-state index is 11.1. The molecule has 0 aliphatic rings. The van der Waals surface area contributed by atoms with E-state index >= 15 is 0 Å². The summed E-state index contributed by atoms with van der Waals surface area (Å²) in [6.45, 7) is 0. The average molecular weight is 699 g/mol. The molecule has 4 aromatic heterocycles. The molecule has 0 amide bonds. The number of hydrogen-bond donors (Lipinski definition) is 2. The zero-order valence-electron chi connectivity index (χ0n) is 27.2. The Balaban J connectivity index is 1.10. The van der Waals surface area contributed by atoms with E-state index in [1.165, 1.54) is 12.1 Å². The molecule has 0 radical (unpaired) electrons. The summed E-state index contributed by atoms with van der Waals surface area (Å²) in [4.78, 5) is 20.2. The fourth-order valence-corrected chi connectivity index (χ4v) is 6.81. The van der Waals surface area contributed by atoms with Crippen LogP contribution in [0.25, 0.3) is 88.6 Å². The van der Waals surface area contributed by atoms with Crippen LogP contribution in [-0.2, 0) is 10.4 Å². The third-order valence-electron chi connectivity index (χ3n) is 9.01. The van der Waals surface area contributed by atoms with E-state index in [0.29, 0.717) is 5.69 Å². The zero-order valence-corrected chi connectivity index (χ0v) is 28.0. The second-order valence-electron chi connectivity index (χ2n) is 12.4. The quantitative estimate of drug-likeness (QED) is 0.129. The number of benzene rings is 5. The molecule has 10 heteroatoms. The Labute approximate surface area is 297 Å². The first-order chi connectivity index (χ1) is 25.2. The van der Waals surface area contributed by atoms with Crippen molar-refractivity contribution in [1.82, 2.24) is 19.9 Å². The molecule has 9 nitrogen and oxygen atoms in total. The minimum Gasteiger partial charge on any atom is -0.508 e. The lowest BCUT2D eigenvalue weighted by molar-refractivity contribution is 0.387. The standard InChI is InChI=1S/C42H26N4O5S/c47-33-16-8-25(9-17-33)35-20-12-27-4-6-29-14-22-37(45-41(29)39(27)43-35)31-2-1-3-32(24-31)38-23-15-30-7-5-28-13-21-36(44-40(28)42(30)46-38)26-10-18-34(19-11-26)51-52(48,49)50/h1-24,47H,(H,48,49,50). The van der Waals surface area contributed by atoms with Crippen LogP contribution >= 0.6 is 0 Å². The maximum Gasteiger partial charge on any atom is 0.446 e. The summed E-state index contributed by atoms with van der Waals surface area (Å²) < 4.78 is 35.7. The van der Waals surface area contributed by atoms with Crippen LogP contribution < -0.4 is 4.18 Å². The summed E-state index contributed by atoms with van der Waals surface area (Å²) in [5.74, 6) is 0.203. The fraction of sp³-hybridized carbons (Fsp3) is 0. The van der Waals surface area contributed by atoms with Gasteiger partial charge >= 0.3 is 10.4 Å². The first-order valence-corrected chi connectivity index (χ1v) is 17.7. The zero-order chi connectivity index (χ0) is 35.4. The van der Waals surface area contributed by atoms with Crippen molar-refractivity contribution in [3.8, 4) is 56.5 Å². The molecule has 2 N–H and O–H groups in total. The Hall–Kier alpha value is -6.75. The molecule has 0 aliphatic heterocycles. The first-order valence-electron chi connectivity index (χ1n) is 16.3. The van der Waals surface area contributed by atoms with Crippen LogP contribution in [-0.4, -0.2) is 38.0 Å². The lowest BCUT2D eigenvalue weighted by atomic mass is 10.0. The van der Waals surface area contributed by atoms with Crippen LogP contribution in [0.15, 0.2) is 146 Å². The third kappa shape index (κ3) is 5.91. The van der Waals surface area contributed by atoms with E-state index in [0.717, 1.165) is 82.9 Å². The molecule has 0 fully saturated rings. The number of hydrogen-bond acceptors (Lipinski definition) is 8. The molecule has 0 atom stereocenters. The number of nitrogens with zero attached hydrogens (tertiary/aromatic N) is 4. The van der Waals surface area contributed by atoms with Gasteiger partial charge in [0.05, 0.1) is 44.8 Å². The smallest absolute Gasteiger partial charge is 0.446 e. The molecular formula is C42H26N4O5S. The Bertz CT molecular complexity index is 2970. The van der Waals surface area contributed by atoms with Crippen LogP contribution in [0.3, 0.4) is 0 Å². The van der Waals surface area contributed by atoms with Gasteiger partial charge in [0.1, 0.15) is 11.5 Å². The number of fused-ring (bicyclic) bond motifs is 6. The van der Waals surface area contributed by atoms with Gasteiger partial charge in [0.15, 0.2) is 0 Å². The van der Waals surface area contributed by atoms with Gasteiger partial charge in [0, 0.05) is 43.8 Å². The van der Waals surface area contributed by atoms with E-state index in [2.05, 4.69) is 28.4 Å². The highest BCUT2D eigenvalue weighted by Crippen LogP contribution is 2.33. The molecule has 5 aromatic carbocycles. The lowest BCUT2D eigenvalue weighted by Gasteiger charge is -2.10. The highest BCUT2D eigenvalue weighted by Gasteiger charge is 2.13. The monoisotopic (exact) mass is 698 g/mol. The lowest BCUT2D eigenvalue weighted by Crippen LogP contribution is -2.06. The van der Waals surface area contributed by atoms with Crippen molar-refractivity contribution in [3.05, 3.63) is 146 Å². The predicted octanol–water partition coefficient (Wildman–Crippen LogP) is 9.43. The summed E-state index contributed by atoms with van der Waals surface area (Å²) in [5, 5.41) is 13.6. The minimum absolute atomic E-state index is 0.00492. The third-order valence-corrected chi connectivity index (χ3v) is 9.41. The number of phenolic OH excluding ortho intramolecular Hbond substituents is 1. The summed E-state index contributed by atoms with van der Waals surface area (Å²) in [6, 6.07) is 45.6. The van der Waals surface area contributed by atoms with Gasteiger partial charge in [-0.25, -0.2) is 19.9 Å². The highest BCUT2D eigenvalue weighted by atomic mass is 32.3. The van der Waals surface area contributed by atoms with Gasteiger partial charge in [-0.05, 0) is 78.9 Å². The van der Waals surface area contributed by atoms with Crippen molar-refractivity contribution >= 4 is 54.0 Å². The molecule has 0 unspecified atom stereocenters. The summed E-state index contributed by atoms with van der Waals surface area (Å²) in [6.07, 6.45) is 0. The van der Waals surface area contributed by atoms with Gasteiger partial charge in [-0.15, -0.1) is 0 Å². The molecule has 0 saturated heterocycles. The van der Waals surface area contributed by atoms with Crippen molar-refractivity contribution < 1.29 is 22.3 Å². The Morgan fingerprint density at radius 2 is 0.769 bits per heavy atom. The number of aromatic nitrogens is 4. The Kier molecular flexibility index (Phi) is 7.35. The van der Waals surface area contributed by atoms with Gasteiger partial charge in [0.2, 0.25) is 0 Å². The summed E-state index contributed by atoms with van der Waals surface area (Å²) in [7, 11) is -4.62. The topological polar surface area (TPSA) is 135 Å². The second kappa shape index (κ2) is 12.2. The van der Waals surface area contributed by atoms with Gasteiger partial charge < -0.3 is 9.29 Å². The van der Waals surface area contributed by atoms with Gasteiger partial charge in [-0.3, -0.25) is 4.55 Å². The van der Waals surface area contributed by atoms with E-state index in [9.17, 15) is 13.5 Å². The van der Waals surface area contributed by atoms with Crippen LogP contribution in [0.1, 0.15) is 0 Å². The van der Waals surface area contributed by atoms with Crippen LogP contribution in [0, 0.1) is 0 Å². The summed E-state index contributed by atoms with van der Waals surface area (Å²) >= 11 is 0. The van der Waals surface area contributed by atoms with Crippen molar-refractivity contribution in [2.45, 2.75) is 0 Å². The SMILES string of the molecule is O=S(=O)(O)Oc1ccc(-c2ccc3ccc4ccc(-c5cccc(-c6ccc7ccc8ccc(-c9ccc(O)cc9)nc8c7n6)c5)nc4c3n2)cc1. The van der Waals surface area contributed by atoms with Gasteiger partial charge in [-0.2, -0.15) is 8.42 Å². The largest absolute Gasteiger partial charge is 0.508 e. The number of aromatic hydroxyl groups is 1. The Morgan fingerprint density at radius 1 is 0.423 bits per heavy atom. The number of phenols is 1. The Morgan fingerprint density at radius 3 is 1.15 bits per heavy atom. The predicted molar refractivity (Wildman–Crippen MR) is 203 cm³/mol. The van der Waals surface area contributed by atoms with Crippen molar-refractivity contribution in [1.29, 1.82) is 0 Å². The van der Waals surface area contributed by atoms with Crippen LogP contribution in [0.2, 0.25) is 0 Å². The molecule has 9 rings (SSSR count). The van der Waals surface area contributed by atoms with E-state index in [1.54, 1.807) is 24.3 Å². The summed E-state index contributed by atoms with van der Waals surface area (Å²) in [5.41, 5.74) is 9.67. The molecular weight excluding hydrogens is 673 g/mol. The van der Waals surface area contributed by atoms with E-state index < -0.39 is 10.4 Å². The van der Waals surface area contributed by atoms with Gasteiger partial charge in [0.25, 0.3) is 0 Å². The molecule has 0 saturated carbocycles. The minimum atomic E-state index is -4.62. The normalized spacial score (nSPS) is 11.8. The van der Waals surface area contributed by atoms with E-state index in [4.69, 9.17) is 24.5 Å². The molecule has 0 aliphatic carbocycles. The molecule has 4 heterocycles.